The molecule has 0 spiro atoms. The fraction of sp³-hybridized carbons (Fsp3) is 0.238. The van der Waals surface area contributed by atoms with E-state index in [1.165, 1.54) is 17.8 Å². The highest BCUT2D eigenvalue weighted by atomic mass is 32.2. The summed E-state index contributed by atoms with van der Waals surface area (Å²) in [6.45, 7) is 5.20. The standard InChI is InChI=1S/C21H21FN2O2S/c1-3-23-21-24(4-2)20(25)19(27-21)13-15-9-6-8-12-18(15)26-14-16-10-5-7-11-17(16)22/h5-13H,3-4,14H2,1-2H3/b19-13-,23-21?. The van der Waals surface area contributed by atoms with Crippen molar-refractivity contribution >= 4 is 28.9 Å². The van der Waals surface area contributed by atoms with Crippen molar-refractivity contribution < 1.29 is 13.9 Å². The maximum Gasteiger partial charge on any atom is 0.266 e. The Morgan fingerprint density at radius 2 is 1.89 bits per heavy atom. The summed E-state index contributed by atoms with van der Waals surface area (Å²) in [6.07, 6.45) is 1.81. The van der Waals surface area contributed by atoms with Crippen molar-refractivity contribution in [3.8, 4) is 5.75 Å². The van der Waals surface area contributed by atoms with Crippen LogP contribution in [0.2, 0.25) is 0 Å². The van der Waals surface area contributed by atoms with Gasteiger partial charge in [-0.15, -0.1) is 0 Å². The number of carbonyl (C=O) groups excluding carboxylic acids is 1. The third-order valence-electron chi connectivity index (χ3n) is 4.04. The van der Waals surface area contributed by atoms with Gasteiger partial charge in [-0.05, 0) is 43.8 Å². The Kier molecular flexibility index (Phi) is 6.29. The maximum absolute atomic E-state index is 13.8. The Bertz CT molecular complexity index is 895. The zero-order chi connectivity index (χ0) is 19.2. The van der Waals surface area contributed by atoms with E-state index in [4.69, 9.17) is 4.74 Å². The van der Waals surface area contributed by atoms with Gasteiger partial charge in [0.15, 0.2) is 5.17 Å². The molecule has 1 amide bonds. The van der Waals surface area contributed by atoms with Crippen LogP contribution >= 0.6 is 11.8 Å². The molecule has 1 aliphatic rings. The van der Waals surface area contributed by atoms with Gasteiger partial charge < -0.3 is 4.74 Å². The Balaban J connectivity index is 1.84. The summed E-state index contributed by atoms with van der Waals surface area (Å²) in [6, 6.07) is 14.0. The van der Waals surface area contributed by atoms with E-state index < -0.39 is 0 Å². The number of hydrogen-bond donors (Lipinski definition) is 0. The van der Waals surface area contributed by atoms with Crippen LogP contribution in [0.15, 0.2) is 58.4 Å². The Hall–Kier alpha value is -2.60. The van der Waals surface area contributed by atoms with Gasteiger partial charge in [-0.1, -0.05) is 36.4 Å². The second kappa shape index (κ2) is 8.86. The molecule has 0 aromatic heterocycles. The number of hydrogen-bond acceptors (Lipinski definition) is 4. The lowest BCUT2D eigenvalue weighted by Crippen LogP contribution is -2.28. The zero-order valence-electron chi connectivity index (χ0n) is 15.3. The maximum atomic E-state index is 13.8. The van der Waals surface area contributed by atoms with E-state index in [9.17, 15) is 9.18 Å². The monoisotopic (exact) mass is 384 g/mol. The number of likely N-dealkylation sites (N-methyl/N-ethyl adjacent to an activating group) is 1. The molecule has 0 N–H and O–H groups in total. The minimum absolute atomic E-state index is 0.0568. The van der Waals surface area contributed by atoms with Crippen LogP contribution in [-0.2, 0) is 11.4 Å². The van der Waals surface area contributed by atoms with Crippen molar-refractivity contribution in [3.63, 3.8) is 0 Å². The molecule has 0 bridgehead atoms. The molecule has 2 aromatic carbocycles. The van der Waals surface area contributed by atoms with Crippen molar-refractivity contribution in [2.45, 2.75) is 20.5 Å². The van der Waals surface area contributed by atoms with Crippen LogP contribution in [0, 0.1) is 5.82 Å². The lowest BCUT2D eigenvalue weighted by molar-refractivity contribution is -0.122. The van der Waals surface area contributed by atoms with Gasteiger partial charge in [-0.3, -0.25) is 14.7 Å². The summed E-state index contributed by atoms with van der Waals surface area (Å²) >= 11 is 1.37. The molecule has 6 heteroatoms. The highest BCUT2D eigenvalue weighted by Crippen LogP contribution is 2.34. The van der Waals surface area contributed by atoms with Crippen LogP contribution in [0.5, 0.6) is 5.75 Å². The lowest BCUT2D eigenvalue weighted by atomic mass is 10.1. The molecule has 1 fully saturated rings. The number of nitrogens with zero attached hydrogens (tertiary/aromatic N) is 2. The van der Waals surface area contributed by atoms with Gasteiger partial charge in [0.25, 0.3) is 5.91 Å². The SMILES string of the molecule is CCN=C1S/C(=C\c2ccccc2OCc2ccccc2F)C(=O)N1CC. The number of ether oxygens (including phenoxy) is 1. The van der Waals surface area contributed by atoms with E-state index in [2.05, 4.69) is 4.99 Å². The van der Waals surface area contributed by atoms with Crippen LogP contribution in [0.1, 0.15) is 25.0 Å². The van der Waals surface area contributed by atoms with E-state index in [1.54, 1.807) is 23.1 Å². The quantitative estimate of drug-likeness (QED) is 0.677. The molecule has 140 valence electrons. The second-order valence-corrected chi connectivity index (χ2v) is 6.84. The largest absolute Gasteiger partial charge is 0.488 e. The number of thioether (sulfide) groups is 1. The van der Waals surface area contributed by atoms with Crippen molar-refractivity contribution in [3.05, 3.63) is 70.4 Å². The smallest absolute Gasteiger partial charge is 0.266 e. The summed E-state index contributed by atoms with van der Waals surface area (Å²) in [4.78, 5) is 19.3. The van der Waals surface area contributed by atoms with Gasteiger partial charge >= 0.3 is 0 Å². The van der Waals surface area contributed by atoms with Crippen molar-refractivity contribution in [2.75, 3.05) is 13.1 Å². The molecular formula is C21H21FN2O2S. The molecule has 1 heterocycles. The number of amides is 1. The molecule has 1 aliphatic heterocycles. The minimum Gasteiger partial charge on any atom is -0.488 e. The number of carbonyl (C=O) groups is 1. The summed E-state index contributed by atoms with van der Waals surface area (Å²) in [7, 11) is 0. The van der Waals surface area contributed by atoms with Gasteiger partial charge in [0, 0.05) is 24.2 Å². The first-order valence-electron chi connectivity index (χ1n) is 8.85. The number of benzene rings is 2. The first-order valence-corrected chi connectivity index (χ1v) is 9.66. The topological polar surface area (TPSA) is 41.9 Å². The third kappa shape index (κ3) is 4.39. The van der Waals surface area contributed by atoms with Crippen LogP contribution in [0.25, 0.3) is 6.08 Å². The molecule has 1 saturated heterocycles. The van der Waals surface area contributed by atoms with Crippen LogP contribution in [-0.4, -0.2) is 29.1 Å². The average molecular weight is 384 g/mol. The predicted octanol–water partition coefficient (Wildman–Crippen LogP) is 4.72. The number of halogens is 1. The molecule has 4 nitrogen and oxygen atoms in total. The Morgan fingerprint density at radius 3 is 2.63 bits per heavy atom. The van der Waals surface area contributed by atoms with E-state index in [1.807, 2.05) is 44.2 Å². The molecule has 2 aromatic rings. The van der Waals surface area contributed by atoms with E-state index >= 15 is 0 Å². The number of aliphatic imine (C=N–C) groups is 1. The number of amidine groups is 1. The van der Waals surface area contributed by atoms with E-state index in [-0.39, 0.29) is 18.3 Å². The Labute approximate surface area is 162 Å². The minimum atomic E-state index is -0.297. The fourth-order valence-corrected chi connectivity index (χ4v) is 3.78. The Morgan fingerprint density at radius 1 is 1.15 bits per heavy atom. The lowest BCUT2D eigenvalue weighted by Gasteiger charge is -2.11. The molecule has 0 atom stereocenters. The molecule has 27 heavy (non-hydrogen) atoms. The van der Waals surface area contributed by atoms with Crippen molar-refractivity contribution in [1.82, 2.24) is 4.90 Å². The van der Waals surface area contributed by atoms with Crippen LogP contribution in [0.4, 0.5) is 4.39 Å². The molecular weight excluding hydrogens is 363 g/mol. The summed E-state index contributed by atoms with van der Waals surface area (Å²) in [5.41, 5.74) is 1.26. The van der Waals surface area contributed by atoms with Gasteiger partial charge in [0.1, 0.15) is 18.2 Å². The summed E-state index contributed by atoms with van der Waals surface area (Å²) < 4.78 is 19.6. The molecule has 0 radical (unpaired) electrons. The molecule has 3 rings (SSSR count). The summed E-state index contributed by atoms with van der Waals surface area (Å²) in [5, 5.41) is 0.723. The van der Waals surface area contributed by atoms with E-state index in [0.29, 0.717) is 29.3 Å². The van der Waals surface area contributed by atoms with Crippen molar-refractivity contribution in [1.29, 1.82) is 0 Å². The normalized spacial score (nSPS) is 17.1. The fourth-order valence-electron chi connectivity index (χ4n) is 2.68. The van der Waals surface area contributed by atoms with Gasteiger partial charge in [0.05, 0.1) is 4.91 Å². The second-order valence-electron chi connectivity index (χ2n) is 5.83. The highest BCUT2D eigenvalue weighted by molar-refractivity contribution is 8.18. The van der Waals surface area contributed by atoms with Gasteiger partial charge in [0.2, 0.25) is 0 Å². The van der Waals surface area contributed by atoms with Crippen LogP contribution < -0.4 is 4.74 Å². The third-order valence-corrected chi connectivity index (χ3v) is 5.09. The first kappa shape index (κ1) is 19.2. The van der Waals surface area contributed by atoms with Gasteiger partial charge in [-0.25, -0.2) is 4.39 Å². The van der Waals surface area contributed by atoms with Gasteiger partial charge in [-0.2, -0.15) is 0 Å². The van der Waals surface area contributed by atoms with E-state index in [0.717, 1.165) is 10.7 Å². The average Bonchev–Trinajstić information content (AvgIpc) is 2.97. The number of rotatable bonds is 6. The van der Waals surface area contributed by atoms with Crippen molar-refractivity contribution in [2.24, 2.45) is 4.99 Å². The number of para-hydroxylation sites is 1. The summed E-state index contributed by atoms with van der Waals surface area (Å²) in [5.74, 6) is 0.248. The molecule has 0 unspecified atom stereocenters. The predicted molar refractivity (Wildman–Crippen MR) is 108 cm³/mol. The zero-order valence-corrected chi connectivity index (χ0v) is 16.1. The first-order chi connectivity index (χ1) is 13.1. The highest BCUT2D eigenvalue weighted by Gasteiger charge is 2.32. The molecule has 0 saturated carbocycles. The van der Waals surface area contributed by atoms with Crippen LogP contribution in [0.3, 0.4) is 0 Å². The molecule has 0 aliphatic carbocycles.